The summed E-state index contributed by atoms with van der Waals surface area (Å²) >= 11 is 5.96. The van der Waals surface area contributed by atoms with Gasteiger partial charge in [-0.15, -0.1) is 5.10 Å². The maximum Gasteiger partial charge on any atom is 0.252 e. The fourth-order valence-corrected chi connectivity index (χ4v) is 3.06. The third-order valence-corrected chi connectivity index (χ3v) is 4.21. The number of rotatable bonds is 3. The molecule has 0 spiro atoms. The second-order valence-corrected chi connectivity index (χ2v) is 5.75. The summed E-state index contributed by atoms with van der Waals surface area (Å²) in [5.74, 6) is -0.0863. The number of halogens is 1. The zero-order chi connectivity index (χ0) is 14.7. The maximum atomic E-state index is 12.8. The second kappa shape index (κ2) is 5.81. The molecule has 0 saturated heterocycles. The number of nitrogens with one attached hydrogen (secondary N) is 1. The lowest BCUT2D eigenvalue weighted by Gasteiger charge is -2.35. The maximum absolute atomic E-state index is 12.8. The molecule has 7 heteroatoms. The number of hydrogen-bond donors (Lipinski definition) is 1. The highest BCUT2D eigenvalue weighted by Gasteiger charge is 2.42. The van der Waals surface area contributed by atoms with E-state index in [9.17, 15) is 4.79 Å². The third kappa shape index (κ3) is 2.76. The Labute approximate surface area is 127 Å². The largest absolute Gasteiger partial charge is 0.324 e. The van der Waals surface area contributed by atoms with Gasteiger partial charge in [-0.05, 0) is 41.5 Å². The number of carbonyl (C=O) groups excluding carboxylic acids is 1. The van der Waals surface area contributed by atoms with Gasteiger partial charge in [-0.25, -0.2) is 4.68 Å². The number of anilines is 1. The van der Waals surface area contributed by atoms with Crippen LogP contribution in [0.2, 0.25) is 5.02 Å². The van der Waals surface area contributed by atoms with Crippen LogP contribution in [0.25, 0.3) is 0 Å². The fraction of sp³-hybridized carbons (Fsp3) is 0.429. The molecule has 21 heavy (non-hydrogen) atoms. The lowest BCUT2D eigenvalue weighted by Crippen LogP contribution is -2.47. The number of aromatic nitrogens is 4. The molecule has 1 aromatic carbocycles. The Hall–Kier alpha value is -1.95. The van der Waals surface area contributed by atoms with Crippen LogP contribution in [-0.4, -0.2) is 26.1 Å². The van der Waals surface area contributed by atoms with Gasteiger partial charge in [0.1, 0.15) is 11.9 Å². The number of benzene rings is 1. The predicted molar refractivity (Wildman–Crippen MR) is 79.0 cm³/mol. The molecule has 1 aliphatic rings. The van der Waals surface area contributed by atoms with E-state index in [1.165, 1.54) is 6.33 Å². The molecule has 1 saturated carbocycles. The Morgan fingerprint density at radius 3 is 2.76 bits per heavy atom. The van der Waals surface area contributed by atoms with Gasteiger partial charge in [0.25, 0.3) is 5.91 Å². The monoisotopic (exact) mass is 305 g/mol. The van der Waals surface area contributed by atoms with Crippen molar-refractivity contribution >= 4 is 23.2 Å². The van der Waals surface area contributed by atoms with Crippen LogP contribution in [-0.2, 0) is 10.3 Å². The number of tetrazole rings is 1. The number of hydrogen-bond acceptors (Lipinski definition) is 4. The van der Waals surface area contributed by atoms with Crippen molar-refractivity contribution in [3.8, 4) is 0 Å². The van der Waals surface area contributed by atoms with Crippen molar-refractivity contribution in [2.24, 2.45) is 0 Å². The summed E-state index contributed by atoms with van der Waals surface area (Å²) in [6.45, 7) is 0. The molecule has 3 rings (SSSR count). The van der Waals surface area contributed by atoms with Crippen molar-refractivity contribution in [1.29, 1.82) is 0 Å². The average Bonchev–Trinajstić information content (AvgIpc) is 3.02. The zero-order valence-corrected chi connectivity index (χ0v) is 12.3. The van der Waals surface area contributed by atoms with E-state index in [4.69, 9.17) is 11.6 Å². The molecule has 110 valence electrons. The van der Waals surface area contributed by atoms with Gasteiger partial charge in [0, 0.05) is 10.7 Å². The highest BCUT2D eigenvalue weighted by atomic mass is 35.5. The number of carbonyl (C=O) groups is 1. The molecule has 0 unspecified atom stereocenters. The minimum Gasteiger partial charge on any atom is -0.324 e. The first-order valence-electron chi connectivity index (χ1n) is 7.01. The van der Waals surface area contributed by atoms with E-state index in [0.29, 0.717) is 10.7 Å². The summed E-state index contributed by atoms with van der Waals surface area (Å²) in [5, 5.41) is 14.8. The first-order chi connectivity index (χ1) is 10.2. The van der Waals surface area contributed by atoms with Crippen molar-refractivity contribution in [2.45, 2.75) is 37.6 Å². The smallest absolute Gasteiger partial charge is 0.252 e. The van der Waals surface area contributed by atoms with Gasteiger partial charge in [0.15, 0.2) is 0 Å². The summed E-state index contributed by atoms with van der Waals surface area (Å²) in [6, 6.07) is 7.13. The quantitative estimate of drug-likeness (QED) is 0.946. The summed E-state index contributed by atoms with van der Waals surface area (Å²) in [5.41, 5.74) is -0.0186. The third-order valence-electron chi connectivity index (χ3n) is 3.97. The molecule has 0 radical (unpaired) electrons. The summed E-state index contributed by atoms with van der Waals surface area (Å²) in [6.07, 6.45) is 6.11. The Bertz CT molecular complexity index is 622. The first kappa shape index (κ1) is 14.0. The van der Waals surface area contributed by atoms with Crippen molar-refractivity contribution in [3.05, 3.63) is 35.6 Å². The van der Waals surface area contributed by atoms with Gasteiger partial charge in [-0.3, -0.25) is 4.79 Å². The fourth-order valence-electron chi connectivity index (χ4n) is 2.87. The van der Waals surface area contributed by atoms with E-state index < -0.39 is 5.54 Å². The minimum absolute atomic E-state index is 0.0863. The van der Waals surface area contributed by atoms with Gasteiger partial charge in [0.2, 0.25) is 0 Å². The van der Waals surface area contributed by atoms with Gasteiger partial charge < -0.3 is 5.32 Å². The molecule has 1 fully saturated rings. The number of amides is 1. The van der Waals surface area contributed by atoms with Crippen LogP contribution in [0, 0.1) is 0 Å². The lowest BCUT2D eigenvalue weighted by atomic mass is 9.81. The SMILES string of the molecule is O=C(Nc1cccc(Cl)c1)C1(n2cnnn2)CCCCC1. The molecule has 1 aliphatic carbocycles. The second-order valence-electron chi connectivity index (χ2n) is 5.31. The lowest BCUT2D eigenvalue weighted by molar-refractivity contribution is -0.126. The van der Waals surface area contributed by atoms with Gasteiger partial charge in [-0.1, -0.05) is 36.9 Å². The van der Waals surface area contributed by atoms with Crippen molar-refractivity contribution in [1.82, 2.24) is 20.2 Å². The highest BCUT2D eigenvalue weighted by Crippen LogP contribution is 2.35. The van der Waals surface area contributed by atoms with Crippen LogP contribution in [0.5, 0.6) is 0 Å². The van der Waals surface area contributed by atoms with Crippen LogP contribution in [0.1, 0.15) is 32.1 Å². The minimum atomic E-state index is -0.704. The standard InChI is InChI=1S/C14H16ClN5O/c15-11-5-4-6-12(9-11)17-13(21)14(7-2-1-3-8-14)20-10-16-18-19-20/h4-6,9-10H,1-3,7-8H2,(H,17,21). The van der Waals surface area contributed by atoms with Crippen LogP contribution in [0.15, 0.2) is 30.6 Å². The average molecular weight is 306 g/mol. The van der Waals surface area contributed by atoms with Crippen molar-refractivity contribution in [2.75, 3.05) is 5.32 Å². The Morgan fingerprint density at radius 1 is 1.29 bits per heavy atom. The first-order valence-corrected chi connectivity index (χ1v) is 7.39. The molecule has 1 N–H and O–H groups in total. The molecular formula is C14H16ClN5O. The Morgan fingerprint density at radius 2 is 2.10 bits per heavy atom. The van der Waals surface area contributed by atoms with Crippen LogP contribution < -0.4 is 5.32 Å². The molecule has 0 atom stereocenters. The molecule has 1 amide bonds. The van der Waals surface area contributed by atoms with E-state index in [0.717, 1.165) is 32.1 Å². The molecule has 0 aliphatic heterocycles. The number of nitrogens with zero attached hydrogens (tertiary/aromatic N) is 4. The predicted octanol–water partition coefficient (Wildman–Crippen LogP) is 2.62. The van der Waals surface area contributed by atoms with E-state index in [1.807, 2.05) is 12.1 Å². The normalized spacial score (nSPS) is 17.4. The van der Waals surface area contributed by atoms with Gasteiger partial charge in [0.05, 0.1) is 0 Å². The molecule has 6 nitrogen and oxygen atoms in total. The molecule has 0 bridgehead atoms. The van der Waals surface area contributed by atoms with Gasteiger partial charge in [-0.2, -0.15) is 0 Å². The van der Waals surface area contributed by atoms with Crippen LogP contribution >= 0.6 is 11.6 Å². The molecule has 2 aromatic rings. The zero-order valence-electron chi connectivity index (χ0n) is 11.5. The van der Waals surface area contributed by atoms with Crippen LogP contribution in [0.4, 0.5) is 5.69 Å². The molecular weight excluding hydrogens is 290 g/mol. The topological polar surface area (TPSA) is 72.7 Å². The summed E-state index contributed by atoms with van der Waals surface area (Å²) < 4.78 is 1.59. The van der Waals surface area contributed by atoms with Gasteiger partial charge >= 0.3 is 0 Å². The van der Waals surface area contributed by atoms with Crippen LogP contribution in [0.3, 0.4) is 0 Å². The van der Waals surface area contributed by atoms with E-state index in [1.54, 1.807) is 16.8 Å². The van der Waals surface area contributed by atoms with E-state index >= 15 is 0 Å². The molecule has 1 aromatic heterocycles. The van der Waals surface area contributed by atoms with E-state index in [-0.39, 0.29) is 5.91 Å². The summed E-state index contributed by atoms with van der Waals surface area (Å²) in [4.78, 5) is 12.8. The molecule has 1 heterocycles. The van der Waals surface area contributed by atoms with Crippen molar-refractivity contribution < 1.29 is 4.79 Å². The Balaban J connectivity index is 1.88. The Kier molecular flexibility index (Phi) is 3.88. The highest BCUT2D eigenvalue weighted by molar-refractivity contribution is 6.30. The van der Waals surface area contributed by atoms with Crippen molar-refractivity contribution in [3.63, 3.8) is 0 Å². The summed E-state index contributed by atoms with van der Waals surface area (Å²) in [7, 11) is 0. The van der Waals surface area contributed by atoms with E-state index in [2.05, 4.69) is 20.8 Å².